The molecule has 1 aliphatic rings. The summed E-state index contributed by atoms with van der Waals surface area (Å²) in [5, 5.41) is 16.4. The molecule has 2 rings (SSSR count). The number of hydrogen-bond donors (Lipinski definition) is 3. The van der Waals surface area contributed by atoms with Crippen LogP contribution in [0.4, 0.5) is 0 Å². The van der Waals surface area contributed by atoms with E-state index >= 15 is 0 Å². The van der Waals surface area contributed by atoms with E-state index in [1.807, 2.05) is 12.1 Å². The summed E-state index contributed by atoms with van der Waals surface area (Å²) in [6, 6.07) is 8.00. The summed E-state index contributed by atoms with van der Waals surface area (Å²) in [6.07, 6.45) is 2.47. The second-order valence-corrected chi connectivity index (χ2v) is 5.36. The molecule has 0 aromatic heterocycles. The Hall–Kier alpha value is -1.06. The molecule has 0 bridgehead atoms. The minimum atomic E-state index is -0.0581. The Morgan fingerprint density at radius 1 is 1.29 bits per heavy atom. The Kier molecular flexibility index (Phi) is 3.69. The molecule has 1 fully saturated rings. The van der Waals surface area contributed by atoms with Crippen LogP contribution < -0.4 is 10.6 Å². The van der Waals surface area contributed by atoms with Crippen molar-refractivity contribution in [3.05, 3.63) is 29.8 Å². The van der Waals surface area contributed by atoms with Gasteiger partial charge in [0.05, 0.1) is 0 Å². The number of nitrogens with one attached hydrogen (secondary N) is 2. The third-order valence-corrected chi connectivity index (χ3v) is 3.45. The largest absolute Gasteiger partial charge is 0.508 e. The molecular weight excluding hydrogens is 212 g/mol. The summed E-state index contributed by atoms with van der Waals surface area (Å²) in [5.41, 5.74) is 1.15. The Morgan fingerprint density at radius 3 is 2.59 bits per heavy atom. The van der Waals surface area contributed by atoms with Gasteiger partial charge in [-0.3, -0.25) is 0 Å². The molecule has 0 aliphatic carbocycles. The number of aromatic hydroxyl groups is 1. The molecule has 17 heavy (non-hydrogen) atoms. The molecular formula is C14H22N2O. The summed E-state index contributed by atoms with van der Waals surface area (Å²) in [7, 11) is 0. The molecule has 1 aliphatic heterocycles. The predicted octanol–water partition coefficient (Wildman–Crippen LogP) is 1.97. The number of piperidine rings is 1. The monoisotopic (exact) mass is 234 g/mol. The highest BCUT2D eigenvalue weighted by atomic mass is 16.3. The van der Waals surface area contributed by atoms with Gasteiger partial charge < -0.3 is 15.7 Å². The molecule has 0 saturated carbocycles. The highest BCUT2D eigenvalue weighted by molar-refractivity contribution is 5.30. The lowest BCUT2D eigenvalue weighted by Crippen LogP contribution is -2.50. The van der Waals surface area contributed by atoms with E-state index in [0.29, 0.717) is 11.8 Å². The van der Waals surface area contributed by atoms with Gasteiger partial charge in [-0.05, 0) is 50.9 Å². The fourth-order valence-corrected chi connectivity index (χ4v) is 2.45. The maximum Gasteiger partial charge on any atom is 0.115 e. The molecule has 3 nitrogen and oxygen atoms in total. The van der Waals surface area contributed by atoms with Gasteiger partial charge in [0.2, 0.25) is 0 Å². The maximum atomic E-state index is 9.31. The lowest BCUT2D eigenvalue weighted by atomic mass is 9.92. The molecule has 3 N–H and O–H groups in total. The standard InChI is InChI=1S/C14H22N2O/c1-14(2,11-5-7-13(17)8-6-11)16-12-4-3-9-15-10-12/h5-8,12,15-17H,3-4,9-10H2,1-2H3. The summed E-state index contributed by atoms with van der Waals surface area (Å²) >= 11 is 0. The van der Waals surface area contributed by atoms with Crippen LogP contribution in [-0.4, -0.2) is 24.2 Å². The van der Waals surface area contributed by atoms with E-state index in [-0.39, 0.29) is 5.54 Å². The van der Waals surface area contributed by atoms with Crippen LogP contribution in [0.25, 0.3) is 0 Å². The summed E-state index contributed by atoms with van der Waals surface area (Å²) in [6.45, 7) is 6.56. The van der Waals surface area contributed by atoms with E-state index in [4.69, 9.17) is 0 Å². The fourth-order valence-electron chi connectivity index (χ4n) is 2.45. The van der Waals surface area contributed by atoms with Crippen molar-refractivity contribution in [2.45, 2.75) is 38.3 Å². The summed E-state index contributed by atoms with van der Waals surface area (Å²) in [4.78, 5) is 0. The summed E-state index contributed by atoms with van der Waals surface area (Å²) < 4.78 is 0. The zero-order valence-electron chi connectivity index (χ0n) is 10.7. The van der Waals surface area contributed by atoms with Crippen LogP contribution in [0.1, 0.15) is 32.3 Å². The van der Waals surface area contributed by atoms with Gasteiger partial charge in [0, 0.05) is 18.1 Å². The van der Waals surface area contributed by atoms with Gasteiger partial charge in [0.25, 0.3) is 0 Å². The maximum absolute atomic E-state index is 9.31. The predicted molar refractivity (Wildman–Crippen MR) is 70.2 cm³/mol. The topological polar surface area (TPSA) is 44.3 Å². The van der Waals surface area contributed by atoms with Crippen molar-refractivity contribution in [1.29, 1.82) is 0 Å². The number of benzene rings is 1. The van der Waals surface area contributed by atoms with Crippen molar-refractivity contribution >= 4 is 0 Å². The van der Waals surface area contributed by atoms with Gasteiger partial charge in [-0.1, -0.05) is 12.1 Å². The van der Waals surface area contributed by atoms with Gasteiger partial charge in [-0.2, -0.15) is 0 Å². The Labute approximate surface area is 103 Å². The van der Waals surface area contributed by atoms with Crippen molar-refractivity contribution in [3.63, 3.8) is 0 Å². The molecule has 1 saturated heterocycles. The molecule has 1 unspecified atom stereocenters. The first-order valence-electron chi connectivity index (χ1n) is 6.36. The average Bonchev–Trinajstić information content (AvgIpc) is 2.30. The smallest absolute Gasteiger partial charge is 0.115 e. The number of hydrogen-bond acceptors (Lipinski definition) is 3. The van der Waals surface area contributed by atoms with Crippen LogP contribution in [0.15, 0.2) is 24.3 Å². The third-order valence-electron chi connectivity index (χ3n) is 3.45. The second-order valence-electron chi connectivity index (χ2n) is 5.36. The zero-order chi connectivity index (χ0) is 12.3. The van der Waals surface area contributed by atoms with E-state index < -0.39 is 0 Å². The van der Waals surface area contributed by atoms with Crippen LogP contribution in [0.5, 0.6) is 5.75 Å². The Balaban J connectivity index is 2.04. The van der Waals surface area contributed by atoms with Gasteiger partial charge in [0.1, 0.15) is 5.75 Å². The highest BCUT2D eigenvalue weighted by Gasteiger charge is 2.24. The van der Waals surface area contributed by atoms with Crippen LogP contribution >= 0.6 is 0 Å². The molecule has 1 aromatic carbocycles. The average molecular weight is 234 g/mol. The Bertz CT molecular complexity index is 353. The van der Waals surface area contributed by atoms with Gasteiger partial charge in [-0.25, -0.2) is 0 Å². The van der Waals surface area contributed by atoms with Crippen LogP contribution in [-0.2, 0) is 5.54 Å². The van der Waals surface area contributed by atoms with Crippen molar-refractivity contribution in [3.8, 4) is 5.75 Å². The third kappa shape index (κ3) is 3.20. The fraction of sp³-hybridized carbons (Fsp3) is 0.571. The van der Waals surface area contributed by atoms with Crippen molar-refractivity contribution < 1.29 is 5.11 Å². The number of phenols is 1. The molecule has 94 valence electrons. The van der Waals surface area contributed by atoms with Crippen molar-refractivity contribution in [2.24, 2.45) is 0 Å². The number of rotatable bonds is 3. The lowest BCUT2D eigenvalue weighted by Gasteiger charge is -2.34. The molecule has 1 heterocycles. The van der Waals surface area contributed by atoms with Crippen LogP contribution in [0.2, 0.25) is 0 Å². The quantitative estimate of drug-likeness (QED) is 0.749. The number of phenolic OH excluding ortho intramolecular Hbond substituents is 1. The molecule has 1 aromatic rings. The minimum Gasteiger partial charge on any atom is -0.508 e. The molecule has 0 radical (unpaired) electrons. The van der Waals surface area contributed by atoms with Crippen LogP contribution in [0, 0.1) is 0 Å². The van der Waals surface area contributed by atoms with E-state index in [1.165, 1.54) is 18.4 Å². The first kappa shape index (κ1) is 12.4. The van der Waals surface area contributed by atoms with Crippen LogP contribution in [0.3, 0.4) is 0 Å². The van der Waals surface area contributed by atoms with Gasteiger partial charge in [-0.15, -0.1) is 0 Å². The molecule has 3 heteroatoms. The Morgan fingerprint density at radius 2 is 2.00 bits per heavy atom. The van der Waals surface area contributed by atoms with Crippen molar-refractivity contribution in [2.75, 3.05) is 13.1 Å². The normalized spacial score (nSPS) is 21.4. The van der Waals surface area contributed by atoms with Gasteiger partial charge >= 0.3 is 0 Å². The first-order chi connectivity index (χ1) is 8.08. The van der Waals surface area contributed by atoms with E-state index in [2.05, 4.69) is 24.5 Å². The van der Waals surface area contributed by atoms with E-state index in [9.17, 15) is 5.11 Å². The highest BCUT2D eigenvalue weighted by Crippen LogP contribution is 2.23. The SMILES string of the molecule is CC(C)(NC1CCCNC1)c1ccc(O)cc1. The zero-order valence-corrected chi connectivity index (χ0v) is 10.7. The minimum absolute atomic E-state index is 0.0581. The molecule has 0 spiro atoms. The molecule has 1 atom stereocenters. The second kappa shape index (κ2) is 5.07. The summed E-state index contributed by atoms with van der Waals surface area (Å²) in [5.74, 6) is 0.323. The van der Waals surface area contributed by atoms with E-state index in [0.717, 1.165) is 13.1 Å². The van der Waals surface area contributed by atoms with E-state index in [1.54, 1.807) is 12.1 Å². The lowest BCUT2D eigenvalue weighted by molar-refractivity contribution is 0.293. The van der Waals surface area contributed by atoms with Crippen molar-refractivity contribution in [1.82, 2.24) is 10.6 Å². The van der Waals surface area contributed by atoms with Gasteiger partial charge in [0.15, 0.2) is 0 Å². The first-order valence-corrected chi connectivity index (χ1v) is 6.36. The molecule has 0 amide bonds.